The van der Waals surface area contributed by atoms with Crippen LogP contribution in [-0.4, -0.2) is 29.6 Å². The molecule has 0 fully saturated rings. The second-order valence-electron chi connectivity index (χ2n) is 6.64. The van der Waals surface area contributed by atoms with Gasteiger partial charge < -0.3 is 10.2 Å². The zero-order chi connectivity index (χ0) is 16.0. The van der Waals surface area contributed by atoms with Gasteiger partial charge in [-0.2, -0.15) is 0 Å². The summed E-state index contributed by atoms with van der Waals surface area (Å²) >= 11 is 0. The molecule has 0 saturated carbocycles. The third-order valence-electron chi connectivity index (χ3n) is 3.75. The van der Waals surface area contributed by atoms with E-state index in [4.69, 9.17) is 4.98 Å². The van der Waals surface area contributed by atoms with Gasteiger partial charge in [0.1, 0.15) is 5.82 Å². The van der Waals surface area contributed by atoms with Crippen LogP contribution in [0.1, 0.15) is 65.4 Å². The molecule has 0 spiro atoms. The first-order valence-electron chi connectivity index (χ1n) is 8.15. The van der Waals surface area contributed by atoms with Gasteiger partial charge in [0, 0.05) is 32.1 Å². The Kier molecular flexibility index (Phi) is 7.09. The Bertz CT molecular complexity index is 429. The highest BCUT2D eigenvalue weighted by Crippen LogP contribution is 2.21. The number of hydrogen-bond acceptors (Lipinski definition) is 4. The standard InChI is InChI=1S/C17H32N4/c1-8-14(6)11-21(7)16-10-19-17(12(2)3)20-15(16)9-18-13(4)5/h10,12-14,18H,8-9,11H2,1-7H3. The second-order valence-corrected chi connectivity index (χ2v) is 6.64. The number of nitrogens with zero attached hydrogens (tertiary/aromatic N) is 3. The van der Waals surface area contributed by atoms with Crippen LogP contribution in [0.25, 0.3) is 0 Å². The Morgan fingerprint density at radius 1 is 1.19 bits per heavy atom. The van der Waals surface area contributed by atoms with Crippen molar-refractivity contribution in [3.63, 3.8) is 0 Å². The molecule has 0 bridgehead atoms. The van der Waals surface area contributed by atoms with Gasteiger partial charge >= 0.3 is 0 Å². The largest absolute Gasteiger partial charge is 0.372 e. The first-order valence-corrected chi connectivity index (χ1v) is 8.15. The fourth-order valence-electron chi connectivity index (χ4n) is 2.15. The highest BCUT2D eigenvalue weighted by molar-refractivity contribution is 5.48. The maximum Gasteiger partial charge on any atom is 0.131 e. The van der Waals surface area contributed by atoms with Crippen LogP contribution >= 0.6 is 0 Å². The quantitative estimate of drug-likeness (QED) is 0.795. The van der Waals surface area contributed by atoms with Crippen LogP contribution in [-0.2, 0) is 6.54 Å². The van der Waals surface area contributed by atoms with Crippen molar-refractivity contribution in [1.82, 2.24) is 15.3 Å². The van der Waals surface area contributed by atoms with Gasteiger partial charge in [0.05, 0.1) is 17.6 Å². The minimum Gasteiger partial charge on any atom is -0.372 e. The lowest BCUT2D eigenvalue weighted by Gasteiger charge is -2.25. The predicted molar refractivity (Wildman–Crippen MR) is 90.8 cm³/mol. The van der Waals surface area contributed by atoms with E-state index < -0.39 is 0 Å². The average molecular weight is 292 g/mol. The Morgan fingerprint density at radius 2 is 1.86 bits per heavy atom. The van der Waals surface area contributed by atoms with Gasteiger partial charge in [0.15, 0.2) is 0 Å². The molecule has 1 aromatic heterocycles. The van der Waals surface area contributed by atoms with Crippen LogP contribution in [0.4, 0.5) is 5.69 Å². The van der Waals surface area contributed by atoms with Gasteiger partial charge in [-0.15, -0.1) is 0 Å². The lowest BCUT2D eigenvalue weighted by Crippen LogP contribution is -2.28. The van der Waals surface area contributed by atoms with E-state index in [-0.39, 0.29) is 0 Å². The van der Waals surface area contributed by atoms with E-state index in [1.54, 1.807) is 0 Å². The van der Waals surface area contributed by atoms with Gasteiger partial charge in [0.25, 0.3) is 0 Å². The molecule has 0 aliphatic carbocycles. The first kappa shape index (κ1) is 17.9. The van der Waals surface area contributed by atoms with E-state index in [9.17, 15) is 0 Å². The van der Waals surface area contributed by atoms with E-state index in [2.05, 4.69) is 63.8 Å². The molecular weight excluding hydrogens is 260 g/mol. The van der Waals surface area contributed by atoms with E-state index in [1.807, 2.05) is 6.20 Å². The van der Waals surface area contributed by atoms with Gasteiger partial charge in [-0.25, -0.2) is 9.97 Å². The van der Waals surface area contributed by atoms with Crippen molar-refractivity contribution in [3.8, 4) is 0 Å². The van der Waals surface area contributed by atoms with Crippen LogP contribution in [0.3, 0.4) is 0 Å². The van der Waals surface area contributed by atoms with Crippen LogP contribution < -0.4 is 10.2 Å². The maximum absolute atomic E-state index is 4.78. The molecule has 1 unspecified atom stereocenters. The highest BCUT2D eigenvalue weighted by Gasteiger charge is 2.14. The molecule has 0 aromatic carbocycles. The predicted octanol–water partition coefficient (Wildman–Crippen LogP) is 3.58. The smallest absolute Gasteiger partial charge is 0.131 e. The average Bonchev–Trinajstić information content (AvgIpc) is 2.44. The zero-order valence-corrected chi connectivity index (χ0v) is 14.8. The molecule has 0 aliphatic heterocycles. The Morgan fingerprint density at radius 3 is 2.38 bits per heavy atom. The van der Waals surface area contributed by atoms with Crippen molar-refractivity contribution < 1.29 is 0 Å². The minimum atomic E-state index is 0.358. The number of rotatable bonds is 8. The van der Waals surface area contributed by atoms with E-state index in [0.29, 0.717) is 17.9 Å². The molecule has 1 atom stereocenters. The molecule has 0 amide bonds. The van der Waals surface area contributed by atoms with Crippen molar-refractivity contribution >= 4 is 5.69 Å². The summed E-state index contributed by atoms with van der Waals surface area (Å²) in [6, 6.07) is 0.454. The third kappa shape index (κ3) is 5.62. The highest BCUT2D eigenvalue weighted by atomic mass is 15.1. The molecule has 1 aromatic rings. The Labute approximate surface area is 130 Å². The molecule has 1 N–H and O–H groups in total. The van der Waals surface area contributed by atoms with Gasteiger partial charge in [-0.3, -0.25) is 0 Å². The summed E-state index contributed by atoms with van der Waals surface area (Å²) in [5.41, 5.74) is 2.25. The molecule has 1 rings (SSSR count). The van der Waals surface area contributed by atoms with Crippen molar-refractivity contribution in [2.24, 2.45) is 5.92 Å². The van der Waals surface area contributed by atoms with Crippen molar-refractivity contribution in [1.29, 1.82) is 0 Å². The van der Waals surface area contributed by atoms with Crippen LogP contribution in [0, 0.1) is 5.92 Å². The van der Waals surface area contributed by atoms with Gasteiger partial charge in [0.2, 0.25) is 0 Å². The van der Waals surface area contributed by atoms with Crippen LogP contribution in [0.2, 0.25) is 0 Å². The molecule has 4 heteroatoms. The van der Waals surface area contributed by atoms with Crippen molar-refractivity contribution in [3.05, 3.63) is 17.7 Å². The number of anilines is 1. The molecule has 0 saturated heterocycles. The van der Waals surface area contributed by atoms with E-state index >= 15 is 0 Å². The summed E-state index contributed by atoms with van der Waals surface area (Å²) in [5, 5.41) is 3.47. The molecule has 120 valence electrons. The third-order valence-corrected chi connectivity index (χ3v) is 3.75. The number of hydrogen-bond donors (Lipinski definition) is 1. The normalized spacial score (nSPS) is 13.0. The summed E-state index contributed by atoms with van der Waals surface area (Å²) in [6.07, 6.45) is 3.18. The molecule has 1 heterocycles. The van der Waals surface area contributed by atoms with Gasteiger partial charge in [-0.05, 0) is 5.92 Å². The fraction of sp³-hybridized carbons (Fsp3) is 0.765. The first-order chi connectivity index (χ1) is 9.85. The second kappa shape index (κ2) is 8.32. The summed E-state index contributed by atoms with van der Waals surface area (Å²) in [7, 11) is 2.14. The van der Waals surface area contributed by atoms with Crippen LogP contribution in [0.15, 0.2) is 6.20 Å². The van der Waals surface area contributed by atoms with E-state index in [0.717, 1.165) is 30.3 Å². The van der Waals surface area contributed by atoms with Gasteiger partial charge in [-0.1, -0.05) is 48.0 Å². The Balaban J connectivity index is 2.99. The zero-order valence-electron chi connectivity index (χ0n) is 14.8. The summed E-state index contributed by atoms with van der Waals surface area (Å²) < 4.78 is 0. The number of aromatic nitrogens is 2. The lowest BCUT2D eigenvalue weighted by molar-refractivity contribution is 0.551. The lowest BCUT2D eigenvalue weighted by atomic mass is 10.1. The molecule has 4 nitrogen and oxygen atoms in total. The van der Waals surface area contributed by atoms with Crippen LogP contribution in [0.5, 0.6) is 0 Å². The topological polar surface area (TPSA) is 41.1 Å². The molecule has 0 radical (unpaired) electrons. The molecular formula is C17H32N4. The van der Waals surface area contributed by atoms with E-state index in [1.165, 1.54) is 6.42 Å². The number of nitrogens with one attached hydrogen (secondary N) is 1. The SMILES string of the molecule is CCC(C)CN(C)c1cnc(C(C)C)nc1CNC(C)C. The van der Waals surface area contributed by atoms with Crippen molar-refractivity contribution in [2.75, 3.05) is 18.5 Å². The maximum atomic E-state index is 4.78. The van der Waals surface area contributed by atoms with Crippen molar-refractivity contribution in [2.45, 2.75) is 66.5 Å². The summed E-state index contributed by atoms with van der Waals surface area (Å²) in [6.45, 7) is 14.9. The summed E-state index contributed by atoms with van der Waals surface area (Å²) in [5.74, 6) is 1.96. The molecule has 0 aliphatic rings. The monoisotopic (exact) mass is 292 g/mol. The molecule has 21 heavy (non-hydrogen) atoms. The fourth-order valence-corrected chi connectivity index (χ4v) is 2.15. The Hall–Kier alpha value is -1.16. The minimum absolute atomic E-state index is 0.358. The summed E-state index contributed by atoms with van der Waals surface area (Å²) in [4.78, 5) is 11.6.